The lowest BCUT2D eigenvalue weighted by molar-refractivity contribution is 0.0953. The van der Waals surface area contributed by atoms with Crippen LogP contribution in [-0.4, -0.2) is 12.5 Å². The Morgan fingerprint density at radius 1 is 1.29 bits per heavy atom. The highest BCUT2D eigenvalue weighted by Gasteiger charge is 2.05. The predicted molar refractivity (Wildman–Crippen MR) is 67.7 cm³/mol. The molecule has 0 spiro atoms. The summed E-state index contributed by atoms with van der Waals surface area (Å²) in [7, 11) is 0. The SMILES string of the molecule is Cc1ccc(C(=O)NCCCCC#N)cc1C. The number of nitrogens with zero attached hydrogens (tertiary/aromatic N) is 1. The first kappa shape index (κ1) is 13.2. The van der Waals surface area contributed by atoms with Crippen LogP contribution in [-0.2, 0) is 0 Å². The van der Waals surface area contributed by atoms with Crippen molar-refractivity contribution in [2.24, 2.45) is 0 Å². The minimum atomic E-state index is -0.0370. The van der Waals surface area contributed by atoms with E-state index in [1.165, 1.54) is 5.56 Å². The minimum absolute atomic E-state index is 0.0370. The Balaban J connectivity index is 2.42. The van der Waals surface area contributed by atoms with E-state index in [1.807, 2.05) is 32.0 Å². The number of benzene rings is 1. The molecule has 17 heavy (non-hydrogen) atoms. The van der Waals surface area contributed by atoms with Crippen LogP contribution in [0.15, 0.2) is 18.2 Å². The molecule has 0 bridgehead atoms. The maximum absolute atomic E-state index is 11.8. The van der Waals surface area contributed by atoms with Crippen molar-refractivity contribution in [2.75, 3.05) is 6.54 Å². The van der Waals surface area contributed by atoms with Crippen LogP contribution < -0.4 is 5.32 Å². The van der Waals surface area contributed by atoms with Crippen LogP contribution in [0.4, 0.5) is 0 Å². The van der Waals surface area contributed by atoms with Gasteiger partial charge in [-0.1, -0.05) is 6.07 Å². The predicted octanol–water partition coefficient (Wildman–Crippen LogP) is 2.73. The lowest BCUT2D eigenvalue weighted by Crippen LogP contribution is -2.24. The molecule has 1 aromatic carbocycles. The molecule has 1 rings (SSSR count). The molecule has 0 heterocycles. The van der Waals surface area contributed by atoms with E-state index in [1.54, 1.807) is 0 Å². The summed E-state index contributed by atoms with van der Waals surface area (Å²) in [5.41, 5.74) is 3.02. The Labute approximate surface area is 102 Å². The van der Waals surface area contributed by atoms with Gasteiger partial charge in [0, 0.05) is 18.5 Å². The van der Waals surface area contributed by atoms with Gasteiger partial charge in [-0.15, -0.1) is 0 Å². The number of aryl methyl sites for hydroxylation is 2. The van der Waals surface area contributed by atoms with Gasteiger partial charge in [-0.3, -0.25) is 4.79 Å². The van der Waals surface area contributed by atoms with Gasteiger partial charge in [-0.2, -0.15) is 5.26 Å². The molecule has 0 radical (unpaired) electrons. The summed E-state index contributed by atoms with van der Waals surface area (Å²) in [6.45, 7) is 4.66. The molecular formula is C14H18N2O. The van der Waals surface area contributed by atoms with E-state index in [0.29, 0.717) is 18.5 Å². The second kappa shape index (κ2) is 6.70. The maximum atomic E-state index is 11.8. The van der Waals surface area contributed by atoms with Gasteiger partial charge in [0.1, 0.15) is 0 Å². The number of hydrogen-bond donors (Lipinski definition) is 1. The average molecular weight is 230 g/mol. The van der Waals surface area contributed by atoms with Gasteiger partial charge in [0.15, 0.2) is 0 Å². The number of hydrogen-bond acceptors (Lipinski definition) is 2. The third-order valence-electron chi connectivity index (χ3n) is 2.77. The highest BCUT2D eigenvalue weighted by Crippen LogP contribution is 2.09. The Bertz CT molecular complexity index is 432. The summed E-state index contributed by atoms with van der Waals surface area (Å²) in [6, 6.07) is 7.79. The van der Waals surface area contributed by atoms with Crippen molar-refractivity contribution in [1.29, 1.82) is 5.26 Å². The molecule has 0 saturated heterocycles. The highest BCUT2D eigenvalue weighted by molar-refractivity contribution is 5.94. The van der Waals surface area contributed by atoms with E-state index in [-0.39, 0.29) is 5.91 Å². The summed E-state index contributed by atoms with van der Waals surface area (Å²) in [5, 5.41) is 11.2. The van der Waals surface area contributed by atoms with E-state index in [9.17, 15) is 4.79 Å². The highest BCUT2D eigenvalue weighted by atomic mass is 16.1. The van der Waals surface area contributed by atoms with Crippen molar-refractivity contribution in [1.82, 2.24) is 5.32 Å². The van der Waals surface area contributed by atoms with Gasteiger partial charge in [0.05, 0.1) is 6.07 Å². The van der Waals surface area contributed by atoms with Crippen LogP contribution in [0.5, 0.6) is 0 Å². The number of unbranched alkanes of at least 4 members (excludes halogenated alkanes) is 2. The molecule has 90 valence electrons. The first-order chi connectivity index (χ1) is 8.15. The van der Waals surface area contributed by atoms with Crippen LogP contribution >= 0.6 is 0 Å². The van der Waals surface area contributed by atoms with Crippen molar-refractivity contribution in [2.45, 2.75) is 33.1 Å². The quantitative estimate of drug-likeness (QED) is 0.791. The lowest BCUT2D eigenvalue weighted by Gasteiger charge is -2.06. The summed E-state index contributed by atoms with van der Waals surface area (Å²) in [5.74, 6) is -0.0370. The largest absolute Gasteiger partial charge is 0.352 e. The van der Waals surface area contributed by atoms with Gasteiger partial charge in [0.25, 0.3) is 5.91 Å². The molecule has 0 fully saturated rings. The van der Waals surface area contributed by atoms with Crippen molar-refractivity contribution in [3.05, 3.63) is 34.9 Å². The first-order valence-electron chi connectivity index (χ1n) is 5.87. The number of rotatable bonds is 5. The van der Waals surface area contributed by atoms with E-state index in [4.69, 9.17) is 5.26 Å². The molecular weight excluding hydrogens is 212 g/mol. The number of nitriles is 1. The molecule has 0 aliphatic rings. The van der Waals surface area contributed by atoms with Gasteiger partial charge in [-0.05, 0) is 49.9 Å². The molecule has 0 aliphatic carbocycles. The minimum Gasteiger partial charge on any atom is -0.352 e. The fourth-order valence-corrected chi connectivity index (χ4v) is 1.52. The second-order valence-electron chi connectivity index (χ2n) is 4.17. The first-order valence-corrected chi connectivity index (χ1v) is 5.87. The van der Waals surface area contributed by atoms with Crippen molar-refractivity contribution >= 4 is 5.91 Å². The van der Waals surface area contributed by atoms with E-state index < -0.39 is 0 Å². The summed E-state index contributed by atoms with van der Waals surface area (Å²) in [6.07, 6.45) is 2.24. The number of carbonyl (C=O) groups excluding carboxylic acids is 1. The van der Waals surface area contributed by atoms with Gasteiger partial charge < -0.3 is 5.32 Å². The molecule has 3 heteroatoms. The summed E-state index contributed by atoms with van der Waals surface area (Å²) >= 11 is 0. The molecule has 3 nitrogen and oxygen atoms in total. The third kappa shape index (κ3) is 4.28. The molecule has 0 atom stereocenters. The monoisotopic (exact) mass is 230 g/mol. The number of carbonyl (C=O) groups is 1. The zero-order chi connectivity index (χ0) is 12.7. The average Bonchev–Trinajstić information content (AvgIpc) is 2.32. The van der Waals surface area contributed by atoms with Gasteiger partial charge in [-0.25, -0.2) is 0 Å². The maximum Gasteiger partial charge on any atom is 0.251 e. The van der Waals surface area contributed by atoms with Crippen molar-refractivity contribution in [3.63, 3.8) is 0 Å². The molecule has 0 aliphatic heterocycles. The topological polar surface area (TPSA) is 52.9 Å². The lowest BCUT2D eigenvalue weighted by atomic mass is 10.1. The van der Waals surface area contributed by atoms with Gasteiger partial charge in [0.2, 0.25) is 0 Å². The fourth-order valence-electron chi connectivity index (χ4n) is 1.52. The molecule has 0 unspecified atom stereocenters. The Morgan fingerprint density at radius 2 is 2.06 bits per heavy atom. The molecule has 1 amide bonds. The fraction of sp³-hybridized carbons (Fsp3) is 0.429. The Hall–Kier alpha value is -1.82. The van der Waals surface area contributed by atoms with Crippen molar-refractivity contribution in [3.8, 4) is 6.07 Å². The zero-order valence-corrected chi connectivity index (χ0v) is 10.4. The van der Waals surface area contributed by atoms with E-state index in [0.717, 1.165) is 18.4 Å². The normalized spacial score (nSPS) is 9.71. The molecule has 0 saturated carbocycles. The van der Waals surface area contributed by atoms with Crippen LogP contribution in [0.2, 0.25) is 0 Å². The second-order valence-corrected chi connectivity index (χ2v) is 4.17. The summed E-state index contributed by atoms with van der Waals surface area (Å²) < 4.78 is 0. The molecule has 1 aromatic rings. The smallest absolute Gasteiger partial charge is 0.251 e. The Kier molecular flexibility index (Phi) is 5.22. The van der Waals surface area contributed by atoms with Crippen LogP contribution in [0.1, 0.15) is 40.7 Å². The Morgan fingerprint density at radius 3 is 2.71 bits per heavy atom. The van der Waals surface area contributed by atoms with Gasteiger partial charge >= 0.3 is 0 Å². The number of nitrogens with one attached hydrogen (secondary N) is 1. The standard InChI is InChI=1S/C14H18N2O/c1-11-6-7-13(10-12(11)2)14(17)16-9-5-3-4-8-15/h6-7,10H,3-5,9H2,1-2H3,(H,16,17). The van der Waals surface area contributed by atoms with Crippen LogP contribution in [0, 0.1) is 25.2 Å². The number of amides is 1. The third-order valence-corrected chi connectivity index (χ3v) is 2.77. The molecule has 0 aromatic heterocycles. The van der Waals surface area contributed by atoms with Crippen LogP contribution in [0.3, 0.4) is 0 Å². The van der Waals surface area contributed by atoms with Crippen molar-refractivity contribution < 1.29 is 4.79 Å². The van der Waals surface area contributed by atoms with E-state index >= 15 is 0 Å². The van der Waals surface area contributed by atoms with Crippen LogP contribution in [0.25, 0.3) is 0 Å². The van der Waals surface area contributed by atoms with E-state index in [2.05, 4.69) is 11.4 Å². The molecule has 1 N–H and O–H groups in total. The zero-order valence-electron chi connectivity index (χ0n) is 10.4. The summed E-state index contributed by atoms with van der Waals surface area (Å²) in [4.78, 5) is 11.8.